The number of nitrogens with one attached hydrogen (secondary N) is 1. The van der Waals surface area contributed by atoms with Gasteiger partial charge in [-0.1, -0.05) is 36.4 Å². The molecular weight excluding hydrogens is 306 g/mol. The highest BCUT2D eigenvalue weighted by atomic mass is 32.2. The summed E-state index contributed by atoms with van der Waals surface area (Å²) in [5.74, 6) is -0.0480. The minimum atomic E-state index is -0.0480. The predicted molar refractivity (Wildman–Crippen MR) is 86.4 cm³/mol. The van der Waals surface area contributed by atoms with Crippen molar-refractivity contribution in [3.63, 3.8) is 0 Å². The van der Waals surface area contributed by atoms with E-state index < -0.39 is 0 Å². The van der Waals surface area contributed by atoms with Gasteiger partial charge in [-0.3, -0.25) is 9.79 Å². The summed E-state index contributed by atoms with van der Waals surface area (Å²) in [5, 5.41) is 15.5. The number of carbonyl (C=O) groups excluding carboxylic acids is 1. The van der Waals surface area contributed by atoms with Gasteiger partial charge in [0.05, 0.1) is 13.0 Å². The van der Waals surface area contributed by atoms with Gasteiger partial charge < -0.3 is 10.2 Å². The first-order chi connectivity index (χ1) is 10.3. The summed E-state index contributed by atoms with van der Waals surface area (Å²) in [4.78, 5) is 18.6. The van der Waals surface area contributed by atoms with E-state index >= 15 is 0 Å². The van der Waals surface area contributed by atoms with Crippen molar-refractivity contribution in [1.82, 2.24) is 15.1 Å². The maximum Gasteiger partial charge on any atom is 0.232 e. The van der Waals surface area contributed by atoms with E-state index in [-0.39, 0.29) is 5.91 Å². The smallest absolute Gasteiger partial charge is 0.232 e. The number of hydrogen-bond donors (Lipinski definition) is 1. The maximum atomic E-state index is 12.1. The van der Waals surface area contributed by atoms with Gasteiger partial charge in [-0.05, 0) is 11.8 Å². The van der Waals surface area contributed by atoms with Crippen molar-refractivity contribution in [3.05, 3.63) is 16.1 Å². The molecule has 0 spiro atoms. The van der Waals surface area contributed by atoms with Gasteiger partial charge in [0.25, 0.3) is 0 Å². The molecule has 1 aromatic heterocycles. The molecule has 0 radical (unpaired) electrons. The van der Waals surface area contributed by atoms with Crippen LogP contribution in [0.3, 0.4) is 0 Å². The van der Waals surface area contributed by atoms with E-state index in [0.29, 0.717) is 11.6 Å². The third-order valence-corrected chi connectivity index (χ3v) is 5.10. The maximum absolute atomic E-state index is 12.1. The molecule has 6 nitrogen and oxygen atoms in total. The Balaban J connectivity index is 1.52. The van der Waals surface area contributed by atoms with Crippen LogP contribution in [0, 0.1) is 0 Å². The van der Waals surface area contributed by atoms with Crippen molar-refractivity contribution in [2.45, 2.75) is 32.6 Å². The molecule has 0 aromatic carbocycles. The molecule has 112 valence electrons. The fourth-order valence-electron chi connectivity index (χ4n) is 2.18. The summed E-state index contributed by atoms with van der Waals surface area (Å²) in [7, 11) is 0. The standard InChI is InChI=1S/C13H17N5OS2/c1-2-3-4-11-16-17-12(21-11)15-10(19)7-9-8-20-13-14-5-6-18(9)13/h8H,2-7H2,1H3,(H,15,17,19). The van der Waals surface area contributed by atoms with E-state index in [1.165, 1.54) is 11.3 Å². The normalized spacial score (nSPS) is 16.7. The second-order valence-electron chi connectivity index (χ2n) is 4.87. The van der Waals surface area contributed by atoms with Crippen molar-refractivity contribution >= 4 is 39.3 Å². The Morgan fingerprint density at radius 2 is 2.38 bits per heavy atom. The number of carbonyl (C=O) groups is 1. The monoisotopic (exact) mass is 323 g/mol. The highest BCUT2D eigenvalue weighted by Crippen LogP contribution is 2.31. The molecule has 0 saturated heterocycles. The number of rotatable bonds is 6. The lowest BCUT2D eigenvalue weighted by Gasteiger charge is -2.15. The molecule has 0 aliphatic carbocycles. The summed E-state index contributed by atoms with van der Waals surface area (Å²) in [6, 6.07) is 0. The first-order valence-corrected chi connectivity index (χ1v) is 8.76. The summed E-state index contributed by atoms with van der Waals surface area (Å²) in [6.45, 7) is 3.84. The van der Waals surface area contributed by atoms with Crippen LogP contribution in [-0.4, -0.2) is 39.3 Å². The van der Waals surface area contributed by atoms with Crippen LogP contribution in [0.4, 0.5) is 5.13 Å². The molecule has 0 fully saturated rings. The van der Waals surface area contributed by atoms with Gasteiger partial charge in [0.15, 0.2) is 5.17 Å². The Hall–Kier alpha value is -1.41. The molecular formula is C13H17N5OS2. The molecule has 8 heteroatoms. The SMILES string of the molecule is CCCCc1nnc(NC(=O)CC2=CSC3=NCCN23)s1. The molecule has 21 heavy (non-hydrogen) atoms. The predicted octanol–water partition coefficient (Wildman–Crippen LogP) is 2.47. The minimum absolute atomic E-state index is 0.0480. The van der Waals surface area contributed by atoms with Crippen LogP contribution in [0.1, 0.15) is 31.2 Å². The number of nitrogens with zero attached hydrogens (tertiary/aromatic N) is 4. The summed E-state index contributed by atoms with van der Waals surface area (Å²) in [6.07, 6.45) is 3.52. The Morgan fingerprint density at radius 3 is 3.24 bits per heavy atom. The minimum Gasteiger partial charge on any atom is -0.322 e. The number of thioether (sulfide) groups is 1. The topological polar surface area (TPSA) is 70.5 Å². The number of anilines is 1. The van der Waals surface area contributed by atoms with Crippen molar-refractivity contribution in [2.24, 2.45) is 4.99 Å². The van der Waals surface area contributed by atoms with Crippen molar-refractivity contribution in [3.8, 4) is 0 Å². The van der Waals surface area contributed by atoms with Crippen LogP contribution in [0.5, 0.6) is 0 Å². The number of aromatic nitrogens is 2. The molecule has 3 rings (SSSR count). The quantitative estimate of drug-likeness (QED) is 0.871. The van der Waals surface area contributed by atoms with Gasteiger partial charge in [0, 0.05) is 18.7 Å². The van der Waals surface area contributed by atoms with E-state index in [4.69, 9.17) is 0 Å². The second kappa shape index (κ2) is 6.57. The zero-order valence-electron chi connectivity index (χ0n) is 11.8. The van der Waals surface area contributed by atoms with Gasteiger partial charge in [-0.25, -0.2) is 0 Å². The molecule has 2 aliphatic rings. The number of aliphatic imine (C=N–C) groups is 1. The summed E-state index contributed by atoms with van der Waals surface area (Å²) >= 11 is 3.05. The van der Waals surface area contributed by atoms with Crippen LogP contribution in [0.2, 0.25) is 0 Å². The van der Waals surface area contributed by atoms with Crippen LogP contribution in [-0.2, 0) is 11.2 Å². The number of amidine groups is 1. The summed E-state index contributed by atoms with van der Waals surface area (Å²) < 4.78 is 0. The van der Waals surface area contributed by atoms with Crippen LogP contribution in [0.15, 0.2) is 16.1 Å². The number of hydrogen-bond acceptors (Lipinski definition) is 7. The molecule has 1 N–H and O–H groups in total. The van der Waals surface area contributed by atoms with E-state index in [1.54, 1.807) is 11.8 Å². The fourth-order valence-corrected chi connectivity index (χ4v) is 3.93. The molecule has 0 saturated carbocycles. The molecule has 0 atom stereocenters. The molecule has 1 amide bonds. The molecule has 1 aromatic rings. The van der Waals surface area contributed by atoms with Crippen molar-refractivity contribution < 1.29 is 4.79 Å². The fraction of sp³-hybridized carbons (Fsp3) is 0.538. The zero-order valence-corrected chi connectivity index (χ0v) is 13.5. The van der Waals surface area contributed by atoms with Crippen molar-refractivity contribution in [1.29, 1.82) is 0 Å². The second-order valence-corrected chi connectivity index (χ2v) is 6.77. The molecule has 2 aliphatic heterocycles. The first-order valence-electron chi connectivity index (χ1n) is 7.06. The van der Waals surface area contributed by atoms with Gasteiger partial charge >= 0.3 is 0 Å². The Morgan fingerprint density at radius 1 is 1.48 bits per heavy atom. The van der Waals surface area contributed by atoms with Gasteiger partial charge in [-0.15, -0.1) is 10.2 Å². The van der Waals surface area contributed by atoms with Gasteiger partial charge in [0.1, 0.15) is 5.01 Å². The van der Waals surface area contributed by atoms with E-state index in [9.17, 15) is 4.79 Å². The number of unbranched alkanes of at least 4 members (excludes halogenated alkanes) is 1. The first kappa shape index (κ1) is 14.5. The Bertz CT molecular complexity index is 595. The van der Waals surface area contributed by atoms with E-state index in [0.717, 1.165) is 48.2 Å². The third kappa shape index (κ3) is 3.44. The molecule has 0 bridgehead atoms. The van der Waals surface area contributed by atoms with E-state index in [1.807, 2.05) is 5.41 Å². The van der Waals surface area contributed by atoms with E-state index in [2.05, 4.69) is 32.3 Å². The Kier molecular flexibility index (Phi) is 4.54. The van der Waals surface area contributed by atoms with Gasteiger partial charge in [0.2, 0.25) is 11.0 Å². The van der Waals surface area contributed by atoms with Crippen LogP contribution in [0.25, 0.3) is 0 Å². The number of amides is 1. The lowest BCUT2D eigenvalue weighted by Crippen LogP contribution is -2.24. The average Bonchev–Trinajstić information content (AvgIpc) is 3.15. The number of aryl methyl sites for hydroxylation is 1. The largest absolute Gasteiger partial charge is 0.322 e. The lowest BCUT2D eigenvalue weighted by atomic mass is 10.3. The average molecular weight is 323 g/mol. The van der Waals surface area contributed by atoms with Crippen LogP contribution < -0.4 is 5.32 Å². The third-order valence-electron chi connectivity index (χ3n) is 3.25. The highest BCUT2D eigenvalue weighted by molar-refractivity contribution is 8.16. The highest BCUT2D eigenvalue weighted by Gasteiger charge is 2.27. The van der Waals surface area contributed by atoms with Gasteiger partial charge in [-0.2, -0.15) is 0 Å². The molecule has 3 heterocycles. The number of fused-ring (bicyclic) bond motifs is 1. The molecule has 0 unspecified atom stereocenters. The Labute approximate surface area is 131 Å². The summed E-state index contributed by atoms with van der Waals surface area (Å²) in [5.41, 5.74) is 1.02. The lowest BCUT2D eigenvalue weighted by molar-refractivity contribution is -0.115. The van der Waals surface area contributed by atoms with Crippen molar-refractivity contribution in [2.75, 3.05) is 18.4 Å². The zero-order chi connectivity index (χ0) is 14.7. The van der Waals surface area contributed by atoms with Crippen LogP contribution >= 0.6 is 23.1 Å².